The molecule has 0 radical (unpaired) electrons. The van der Waals surface area contributed by atoms with Crippen LogP contribution in [-0.2, 0) is 10.8 Å². The Kier molecular flexibility index (Phi) is 8.05. The van der Waals surface area contributed by atoms with Crippen LogP contribution < -0.4 is 4.90 Å². The van der Waals surface area contributed by atoms with E-state index in [0.717, 1.165) is 37.2 Å². The Morgan fingerprint density at radius 3 is 2.31 bits per heavy atom. The summed E-state index contributed by atoms with van der Waals surface area (Å²) < 4.78 is 2.43. The normalized spacial score (nSPS) is 18.2. The van der Waals surface area contributed by atoms with E-state index < -0.39 is 5.97 Å². The fraction of sp³-hybridized carbons (Fsp3) is 0.324. The van der Waals surface area contributed by atoms with E-state index in [1.165, 1.54) is 40.1 Å². The van der Waals surface area contributed by atoms with Crippen molar-refractivity contribution >= 4 is 28.6 Å². The molecule has 0 spiro atoms. The number of pyridine rings is 1. The van der Waals surface area contributed by atoms with Crippen molar-refractivity contribution in [3.8, 4) is 0 Å². The second kappa shape index (κ2) is 11.6. The van der Waals surface area contributed by atoms with Crippen LogP contribution >= 0.6 is 0 Å². The Bertz CT molecular complexity index is 1620. The molecule has 2 aliphatic rings. The molecule has 216 valence electrons. The average molecular weight is 561 g/mol. The fourth-order valence-electron chi connectivity index (χ4n) is 6.47. The topological polar surface area (TPSA) is 56.4 Å². The number of fused-ring (bicyclic) bond motifs is 2. The summed E-state index contributed by atoms with van der Waals surface area (Å²) in [6.07, 6.45) is 12.3. The zero-order valence-electron chi connectivity index (χ0n) is 25.7. The van der Waals surface area contributed by atoms with Crippen LogP contribution in [-0.4, -0.2) is 39.4 Å². The smallest absolute Gasteiger partial charge is 0.337 e. The van der Waals surface area contributed by atoms with E-state index in [2.05, 4.69) is 129 Å². The number of carbonyl (C=O) groups is 1. The van der Waals surface area contributed by atoms with Crippen LogP contribution in [0.15, 0.2) is 96.9 Å². The molecule has 5 heteroatoms. The highest BCUT2D eigenvalue weighted by Crippen LogP contribution is 2.47. The lowest BCUT2D eigenvalue weighted by atomic mass is 9.81. The average Bonchev–Trinajstić information content (AvgIpc) is 3.32. The van der Waals surface area contributed by atoms with Gasteiger partial charge in [-0.15, -0.1) is 0 Å². The third-order valence-electron chi connectivity index (χ3n) is 8.64. The first-order valence-corrected chi connectivity index (χ1v) is 15.0. The van der Waals surface area contributed by atoms with E-state index >= 15 is 0 Å². The maximum atomic E-state index is 11.5. The molecule has 2 aliphatic heterocycles. The van der Waals surface area contributed by atoms with Gasteiger partial charge >= 0.3 is 5.97 Å². The summed E-state index contributed by atoms with van der Waals surface area (Å²) in [5.41, 5.74) is 9.21. The largest absolute Gasteiger partial charge is 0.478 e. The molecule has 3 aromatic rings. The number of hydrogen-bond donors (Lipinski definition) is 1. The molecular formula is C37H42N3O2+. The minimum absolute atomic E-state index is 0.153. The number of carboxylic acid groups (broad SMARTS) is 1. The molecule has 0 aliphatic carbocycles. The highest BCUT2D eigenvalue weighted by Gasteiger charge is 2.44. The first kappa shape index (κ1) is 29.2. The molecular weight excluding hydrogens is 518 g/mol. The molecule has 2 aromatic carbocycles. The van der Waals surface area contributed by atoms with Gasteiger partial charge in [-0.05, 0) is 56.2 Å². The first-order valence-electron chi connectivity index (χ1n) is 15.0. The summed E-state index contributed by atoms with van der Waals surface area (Å²) in [5, 5.41) is 9.46. The number of nitrogens with zero attached hydrogens (tertiary/aromatic N) is 3. The Morgan fingerprint density at radius 2 is 1.64 bits per heavy atom. The SMILES string of the molecule is CCCN1/C(=C/C=C(/C=C/C2=[N+](CCC)c3ccccc3C2(C)C)c2ccc(C(=O)O)cn2)C(C)(C)c2ccccc21. The molecule has 0 saturated carbocycles. The van der Waals surface area contributed by atoms with Gasteiger partial charge in [0.15, 0.2) is 5.71 Å². The van der Waals surface area contributed by atoms with Gasteiger partial charge < -0.3 is 10.0 Å². The van der Waals surface area contributed by atoms with Crippen LogP contribution in [0.5, 0.6) is 0 Å². The monoisotopic (exact) mass is 560 g/mol. The molecule has 5 rings (SSSR count). The first-order chi connectivity index (χ1) is 20.1. The van der Waals surface area contributed by atoms with E-state index in [0.29, 0.717) is 0 Å². The number of anilines is 1. The standard InChI is InChI=1S/C37H41N3O2/c1-7-23-39-31-15-11-9-13-28(31)36(3,4)33(39)21-18-26(30-20-17-27(25-38-30)35(41)42)19-22-34-37(5,6)29-14-10-12-16-32(29)40(34)24-8-2/h9-22,25H,7-8,23-24H2,1-6H3/p+1. The number of rotatable bonds is 9. The number of carboxylic acids is 1. The zero-order valence-corrected chi connectivity index (χ0v) is 25.7. The third kappa shape index (κ3) is 5.13. The molecule has 1 aromatic heterocycles. The molecule has 42 heavy (non-hydrogen) atoms. The number of para-hydroxylation sites is 2. The summed E-state index contributed by atoms with van der Waals surface area (Å²) in [5.74, 6) is -0.978. The van der Waals surface area contributed by atoms with Crippen molar-refractivity contribution in [2.24, 2.45) is 0 Å². The number of allylic oxidation sites excluding steroid dienone is 6. The summed E-state index contributed by atoms with van der Waals surface area (Å²) in [6, 6.07) is 20.8. The third-order valence-corrected chi connectivity index (χ3v) is 8.64. The fourth-order valence-corrected chi connectivity index (χ4v) is 6.47. The molecule has 0 fully saturated rings. The van der Waals surface area contributed by atoms with Gasteiger partial charge in [-0.2, -0.15) is 4.58 Å². The molecule has 0 saturated heterocycles. The molecule has 0 unspecified atom stereocenters. The van der Waals surface area contributed by atoms with Crippen molar-refractivity contribution in [2.45, 2.75) is 65.2 Å². The number of aromatic nitrogens is 1. The number of aromatic carboxylic acids is 1. The molecule has 0 atom stereocenters. The predicted octanol–water partition coefficient (Wildman–Crippen LogP) is 8.30. The Hall–Kier alpha value is -4.25. The molecule has 3 heterocycles. The van der Waals surface area contributed by atoms with Crippen LogP contribution in [0, 0.1) is 0 Å². The maximum absolute atomic E-state index is 11.5. The van der Waals surface area contributed by atoms with Crippen molar-refractivity contribution in [3.05, 3.63) is 119 Å². The quantitative estimate of drug-likeness (QED) is 0.211. The molecule has 5 nitrogen and oxygen atoms in total. The summed E-state index contributed by atoms with van der Waals surface area (Å²) in [4.78, 5) is 18.6. The molecule has 0 bridgehead atoms. The van der Waals surface area contributed by atoms with Crippen molar-refractivity contribution < 1.29 is 14.5 Å². The highest BCUT2D eigenvalue weighted by atomic mass is 16.4. The van der Waals surface area contributed by atoms with Crippen molar-refractivity contribution in [2.75, 3.05) is 18.0 Å². The van der Waals surface area contributed by atoms with Crippen molar-refractivity contribution in [3.63, 3.8) is 0 Å². The lowest BCUT2D eigenvalue weighted by Crippen LogP contribution is -2.27. The molecule has 1 N–H and O–H groups in total. The number of benzene rings is 2. The van der Waals surface area contributed by atoms with E-state index in [9.17, 15) is 9.90 Å². The highest BCUT2D eigenvalue weighted by molar-refractivity contribution is 6.04. The van der Waals surface area contributed by atoms with Crippen LogP contribution in [0.3, 0.4) is 0 Å². The number of hydrogen-bond acceptors (Lipinski definition) is 3. The Morgan fingerprint density at radius 1 is 0.929 bits per heavy atom. The summed E-state index contributed by atoms with van der Waals surface area (Å²) >= 11 is 0. The van der Waals surface area contributed by atoms with Gasteiger partial charge in [-0.3, -0.25) is 4.98 Å². The zero-order chi connectivity index (χ0) is 30.1. The summed E-state index contributed by atoms with van der Waals surface area (Å²) in [7, 11) is 0. The Labute approximate surface area is 250 Å². The van der Waals surface area contributed by atoms with Gasteiger partial charge in [-0.1, -0.05) is 70.2 Å². The maximum Gasteiger partial charge on any atom is 0.337 e. The van der Waals surface area contributed by atoms with Crippen molar-refractivity contribution in [1.29, 1.82) is 0 Å². The second-order valence-electron chi connectivity index (χ2n) is 12.2. The Balaban J connectivity index is 1.63. The van der Waals surface area contributed by atoms with E-state index in [-0.39, 0.29) is 16.4 Å². The van der Waals surface area contributed by atoms with Crippen LogP contribution in [0.2, 0.25) is 0 Å². The second-order valence-corrected chi connectivity index (χ2v) is 12.2. The minimum Gasteiger partial charge on any atom is -0.478 e. The lowest BCUT2D eigenvalue weighted by Gasteiger charge is -2.26. The van der Waals surface area contributed by atoms with Crippen molar-refractivity contribution in [1.82, 2.24) is 4.98 Å². The van der Waals surface area contributed by atoms with Gasteiger partial charge in [0, 0.05) is 59.2 Å². The van der Waals surface area contributed by atoms with Crippen LogP contribution in [0.4, 0.5) is 11.4 Å². The van der Waals surface area contributed by atoms with Gasteiger partial charge in [0.1, 0.15) is 6.54 Å². The lowest BCUT2D eigenvalue weighted by molar-refractivity contribution is -0.437. The van der Waals surface area contributed by atoms with E-state index in [1.807, 2.05) is 0 Å². The van der Waals surface area contributed by atoms with Gasteiger partial charge in [-0.25, -0.2) is 4.79 Å². The minimum atomic E-state index is -0.978. The van der Waals surface area contributed by atoms with Crippen LogP contribution in [0.1, 0.15) is 81.6 Å². The summed E-state index contributed by atoms with van der Waals surface area (Å²) in [6.45, 7) is 15.4. The predicted molar refractivity (Wildman–Crippen MR) is 173 cm³/mol. The van der Waals surface area contributed by atoms with Crippen LogP contribution in [0.25, 0.3) is 5.57 Å². The van der Waals surface area contributed by atoms with Gasteiger partial charge in [0.2, 0.25) is 5.69 Å². The molecule has 0 amide bonds. The van der Waals surface area contributed by atoms with Gasteiger partial charge in [0.25, 0.3) is 0 Å². The van der Waals surface area contributed by atoms with Gasteiger partial charge in [0.05, 0.1) is 16.7 Å². The van der Waals surface area contributed by atoms with E-state index in [4.69, 9.17) is 0 Å². The van der Waals surface area contributed by atoms with E-state index in [1.54, 1.807) is 12.1 Å².